The van der Waals surface area contributed by atoms with Crippen LogP contribution in [0.5, 0.6) is 5.75 Å². The number of hydrogen-bond acceptors (Lipinski definition) is 3. The van der Waals surface area contributed by atoms with E-state index in [1.165, 1.54) is 16.8 Å². The molecule has 0 heterocycles. The SMILES string of the molecule is CCN(CC)[P@](=O)(OCC(F)(F)F)Oc1ccccc1. The Hall–Kier alpha value is -1.04. The van der Waals surface area contributed by atoms with E-state index in [-0.39, 0.29) is 18.8 Å². The molecule has 0 saturated heterocycles. The van der Waals surface area contributed by atoms with Crippen LogP contribution < -0.4 is 4.52 Å². The Morgan fingerprint density at radius 3 is 2.15 bits per heavy atom. The predicted molar refractivity (Wildman–Crippen MR) is 69.6 cm³/mol. The van der Waals surface area contributed by atoms with Gasteiger partial charge < -0.3 is 4.52 Å². The van der Waals surface area contributed by atoms with E-state index in [1.807, 2.05) is 0 Å². The van der Waals surface area contributed by atoms with E-state index >= 15 is 0 Å². The van der Waals surface area contributed by atoms with E-state index in [9.17, 15) is 17.7 Å². The van der Waals surface area contributed by atoms with E-state index in [0.29, 0.717) is 0 Å². The van der Waals surface area contributed by atoms with Crippen LogP contribution in [0.15, 0.2) is 30.3 Å². The highest BCUT2D eigenvalue weighted by Crippen LogP contribution is 2.52. The second kappa shape index (κ2) is 7.11. The van der Waals surface area contributed by atoms with Crippen LogP contribution in [0.3, 0.4) is 0 Å². The predicted octanol–water partition coefficient (Wildman–Crippen LogP) is 4.09. The number of alkyl halides is 3. The maximum absolute atomic E-state index is 12.6. The summed E-state index contributed by atoms with van der Waals surface area (Å²) < 4.78 is 60.4. The lowest BCUT2D eigenvalue weighted by molar-refractivity contribution is -0.155. The molecule has 0 aromatic heterocycles. The summed E-state index contributed by atoms with van der Waals surface area (Å²) in [4.78, 5) is 0. The Labute approximate surface area is 116 Å². The molecule has 114 valence electrons. The second-order valence-electron chi connectivity index (χ2n) is 3.90. The lowest BCUT2D eigenvalue weighted by Crippen LogP contribution is -2.27. The molecule has 0 spiro atoms. The van der Waals surface area contributed by atoms with Crippen molar-refractivity contribution in [2.45, 2.75) is 20.0 Å². The van der Waals surface area contributed by atoms with Crippen LogP contribution in [-0.2, 0) is 9.09 Å². The van der Waals surface area contributed by atoms with E-state index in [4.69, 9.17) is 4.52 Å². The fourth-order valence-corrected chi connectivity index (χ4v) is 3.23. The molecule has 0 aliphatic heterocycles. The zero-order valence-corrected chi connectivity index (χ0v) is 12.2. The van der Waals surface area contributed by atoms with Crippen molar-refractivity contribution in [3.8, 4) is 5.75 Å². The molecule has 0 bridgehead atoms. The van der Waals surface area contributed by atoms with Gasteiger partial charge in [0.05, 0.1) is 0 Å². The van der Waals surface area contributed by atoms with E-state index in [1.54, 1.807) is 32.0 Å². The first-order chi connectivity index (χ1) is 9.30. The van der Waals surface area contributed by atoms with E-state index < -0.39 is 20.5 Å². The molecule has 0 fully saturated rings. The van der Waals surface area contributed by atoms with E-state index in [2.05, 4.69) is 4.52 Å². The summed E-state index contributed by atoms with van der Waals surface area (Å²) in [5, 5.41) is 0. The molecule has 1 aromatic carbocycles. The van der Waals surface area contributed by atoms with Gasteiger partial charge >= 0.3 is 13.9 Å². The van der Waals surface area contributed by atoms with Crippen LogP contribution in [-0.4, -0.2) is 30.5 Å². The van der Waals surface area contributed by atoms with Crippen molar-refractivity contribution < 1.29 is 26.8 Å². The molecule has 1 aromatic rings. The fourth-order valence-electron chi connectivity index (χ4n) is 1.51. The zero-order valence-electron chi connectivity index (χ0n) is 11.3. The Balaban J connectivity index is 2.92. The summed E-state index contributed by atoms with van der Waals surface area (Å²) in [5.74, 6) is 0.199. The number of benzene rings is 1. The van der Waals surface area contributed by atoms with Gasteiger partial charge in [-0.2, -0.15) is 17.8 Å². The van der Waals surface area contributed by atoms with Crippen molar-refractivity contribution in [1.29, 1.82) is 0 Å². The highest BCUT2D eigenvalue weighted by Gasteiger charge is 2.39. The van der Waals surface area contributed by atoms with Gasteiger partial charge in [-0.15, -0.1) is 0 Å². The van der Waals surface area contributed by atoms with Crippen LogP contribution in [0.4, 0.5) is 13.2 Å². The summed E-state index contributed by atoms with van der Waals surface area (Å²) in [7, 11) is -4.03. The molecule has 0 aliphatic carbocycles. The minimum atomic E-state index is -4.57. The fraction of sp³-hybridized carbons (Fsp3) is 0.500. The lowest BCUT2D eigenvalue weighted by Gasteiger charge is -2.28. The van der Waals surface area contributed by atoms with Crippen LogP contribution in [0, 0.1) is 0 Å². The van der Waals surface area contributed by atoms with Crippen molar-refractivity contribution in [2.75, 3.05) is 19.7 Å². The molecule has 0 unspecified atom stereocenters. The van der Waals surface area contributed by atoms with Crippen molar-refractivity contribution in [2.24, 2.45) is 0 Å². The Morgan fingerprint density at radius 2 is 1.70 bits per heavy atom. The summed E-state index contributed by atoms with van der Waals surface area (Å²) in [6.07, 6.45) is -4.57. The van der Waals surface area contributed by atoms with Gasteiger partial charge in [0.2, 0.25) is 0 Å². The Morgan fingerprint density at radius 1 is 1.15 bits per heavy atom. The van der Waals surface area contributed by atoms with Crippen LogP contribution >= 0.6 is 7.75 Å². The smallest absolute Gasteiger partial charge is 0.413 e. The van der Waals surface area contributed by atoms with Gasteiger partial charge in [-0.25, -0.2) is 4.57 Å². The maximum Gasteiger partial charge on any atom is 0.461 e. The average Bonchev–Trinajstić information content (AvgIpc) is 2.38. The highest BCUT2D eigenvalue weighted by atomic mass is 31.2. The zero-order chi connectivity index (χ0) is 15.2. The van der Waals surface area contributed by atoms with Gasteiger partial charge in [0, 0.05) is 13.1 Å². The van der Waals surface area contributed by atoms with Crippen molar-refractivity contribution >= 4 is 7.75 Å². The standard InChI is InChI=1S/C12H17F3NO3P/c1-3-16(4-2)20(17,18-10-12(13,14)15)19-11-8-6-5-7-9-11/h5-9H,3-4,10H2,1-2H3/t20-/m0/s1. The van der Waals surface area contributed by atoms with Crippen LogP contribution in [0.25, 0.3) is 0 Å². The molecule has 20 heavy (non-hydrogen) atoms. The maximum atomic E-state index is 12.6. The normalized spacial score (nSPS) is 15.1. The van der Waals surface area contributed by atoms with Gasteiger partial charge in [0.15, 0.2) is 6.61 Å². The van der Waals surface area contributed by atoms with Crippen molar-refractivity contribution in [3.05, 3.63) is 30.3 Å². The Bertz CT molecular complexity index is 449. The number of para-hydroxylation sites is 1. The Kier molecular flexibility index (Phi) is 6.05. The minimum absolute atomic E-state index is 0.199. The topological polar surface area (TPSA) is 38.8 Å². The molecular formula is C12H17F3NO3P. The molecule has 8 heteroatoms. The largest absolute Gasteiger partial charge is 0.461 e. The monoisotopic (exact) mass is 311 g/mol. The van der Waals surface area contributed by atoms with Gasteiger partial charge in [-0.05, 0) is 12.1 Å². The van der Waals surface area contributed by atoms with Crippen LogP contribution in [0.2, 0.25) is 0 Å². The van der Waals surface area contributed by atoms with Gasteiger partial charge in [0.1, 0.15) is 5.75 Å². The molecule has 1 atom stereocenters. The first-order valence-electron chi connectivity index (χ1n) is 6.12. The summed E-state index contributed by atoms with van der Waals surface area (Å²) in [5.41, 5.74) is 0. The molecule has 0 radical (unpaired) electrons. The lowest BCUT2D eigenvalue weighted by atomic mass is 10.3. The number of halogens is 3. The van der Waals surface area contributed by atoms with Gasteiger partial charge in [0.25, 0.3) is 0 Å². The summed E-state index contributed by atoms with van der Waals surface area (Å²) in [6, 6.07) is 7.99. The van der Waals surface area contributed by atoms with Gasteiger partial charge in [-0.1, -0.05) is 32.0 Å². The quantitative estimate of drug-likeness (QED) is 0.711. The molecule has 0 aliphatic rings. The third kappa shape index (κ3) is 5.15. The third-order valence-electron chi connectivity index (χ3n) is 2.43. The molecule has 0 amide bonds. The highest BCUT2D eigenvalue weighted by molar-refractivity contribution is 7.51. The van der Waals surface area contributed by atoms with E-state index in [0.717, 1.165) is 0 Å². The first kappa shape index (κ1) is 17.0. The van der Waals surface area contributed by atoms with Crippen molar-refractivity contribution in [3.63, 3.8) is 0 Å². The molecular weight excluding hydrogens is 294 g/mol. The third-order valence-corrected chi connectivity index (χ3v) is 4.59. The molecule has 1 rings (SSSR count). The molecule has 0 N–H and O–H groups in total. The summed E-state index contributed by atoms with van der Waals surface area (Å²) >= 11 is 0. The average molecular weight is 311 g/mol. The number of rotatable bonds is 7. The van der Waals surface area contributed by atoms with Crippen LogP contribution in [0.1, 0.15) is 13.8 Å². The number of nitrogens with zero attached hydrogens (tertiary/aromatic N) is 1. The molecule has 4 nitrogen and oxygen atoms in total. The number of hydrogen-bond donors (Lipinski definition) is 0. The molecule has 0 saturated carbocycles. The summed E-state index contributed by atoms with van der Waals surface area (Å²) in [6.45, 7) is 2.22. The second-order valence-corrected chi connectivity index (χ2v) is 5.84. The van der Waals surface area contributed by atoms with Crippen molar-refractivity contribution in [1.82, 2.24) is 4.67 Å². The minimum Gasteiger partial charge on any atom is -0.413 e. The van der Waals surface area contributed by atoms with Gasteiger partial charge in [-0.3, -0.25) is 4.52 Å². The first-order valence-corrected chi connectivity index (χ1v) is 7.61.